The molecule has 5 rings (SSSR count). The lowest BCUT2D eigenvalue weighted by atomic mass is 9.73. The second kappa shape index (κ2) is 8.93. The quantitative estimate of drug-likeness (QED) is 0.740. The molecule has 1 aromatic carbocycles. The number of rotatable bonds is 3. The zero-order valence-electron chi connectivity index (χ0n) is 18.7. The Bertz CT molecular complexity index is 803. The maximum atomic E-state index is 13.1. The molecule has 2 aliphatic carbocycles. The largest absolute Gasteiger partial charge is 0.378 e. The van der Waals surface area contributed by atoms with E-state index < -0.39 is 0 Å². The number of morpholine rings is 1. The van der Waals surface area contributed by atoms with Crippen molar-refractivity contribution in [2.45, 2.75) is 69.1 Å². The lowest BCUT2D eigenvalue weighted by Gasteiger charge is -2.42. The molecule has 1 spiro atoms. The van der Waals surface area contributed by atoms with Crippen LogP contribution in [0.2, 0.25) is 0 Å². The van der Waals surface area contributed by atoms with Gasteiger partial charge in [-0.1, -0.05) is 43.5 Å². The van der Waals surface area contributed by atoms with Gasteiger partial charge in [-0.25, -0.2) is 0 Å². The van der Waals surface area contributed by atoms with Gasteiger partial charge in [0.25, 0.3) is 0 Å². The van der Waals surface area contributed by atoms with Gasteiger partial charge in [0.2, 0.25) is 11.8 Å². The number of nitrogens with zero attached hydrogens (tertiary/aromatic N) is 2. The Kier molecular flexibility index (Phi) is 6.05. The Hall–Kier alpha value is -1.88. The monoisotopic (exact) mass is 424 g/mol. The summed E-state index contributed by atoms with van der Waals surface area (Å²) in [5.74, 6) is 1.23. The summed E-state index contributed by atoms with van der Waals surface area (Å²) in [6, 6.07) is 8.78. The Morgan fingerprint density at radius 1 is 0.935 bits per heavy atom. The van der Waals surface area contributed by atoms with E-state index in [0.29, 0.717) is 31.5 Å². The lowest BCUT2D eigenvalue weighted by molar-refractivity contribution is -0.138. The zero-order chi connectivity index (χ0) is 21.3. The highest BCUT2D eigenvalue weighted by molar-refractivity contribution is 5.79. The number of fused-ring (bicyclic) bond motifs is 2. The summed E-state index contributed by atoms with van der Waals surface area (Å²) in [5.41, 5.74) is 2.95. The van der Waals surface area contributed by atoms with E-state index >= 15 is 0 Å². The first-order chi connectivity index (χ1) is 15.2. The number of hydrogen-bond donors (Lipinski definition) is 0. The molecule has 168 valence electrons. The predicted octanol–water partition coefficient (Wildman–Crippen LogP) is 3.86. The van der Waals surface area contributed by atoms with Crippen LogP contribution in [0.5, 0.6) is 0 Å². The summed E-state index contributed by atoms with van der Waals surface area (Å²) in [4.78, 5) is 30.1. The van der Waals surface area contributed by atoms with Crippen molar-refractivity contribution < 1.29 is 14.3 Å². The Morgan fingerprint density at radius 3 is 2.39 bits per heavy atom. The fourth-order valence-electron chi connectivity index (χ4n) is 6.60. The maximum absolute atomic E-state index is 13.1. The minimum atomic E-state index is 0.135. The first kappa shape index (κ1) is 21.0. The number of carbonyl (C=O) groups is 2. The third kappa shape index (κ3) is 4.13. The lowest BCUT2D eigenvalue weighted by Crippen LogP contribution is -2.46. The van der Waals surface area contributed by atoms with Gasteiger partial charge in [-0.05, 0) is 54.6 Å². The van der Waals surface area contributed by atoms with Crippen molar-refractivity contribution in [2.75, 3.05) is 39.4 Å². The van der Waals surface area contributed by atoms with Gasteiger partial charge in [0, 0.05) is 38.5 Å². The molecule has 2 amide bonds. The van der Waals surface area contributed by atoms with Crippen LogP contribution < -0.4 is 0 Å². The zero-order valence-corrected chi connectivity index (χ0v) is 18.7. The first-order valence-electron chi connectivity index (χ1n) is 12.4. The SMILES string of the molecule is O=C(C[C@H]1CC2(CCN(C(=O)C3CCCCC3)CC2)c2ccccc21)N1CCOCC1. The fraction of sp³-hybridized carbons (Fsp3) is 0.692. The van der Waals surface area contributed by atoms with E-state index in [0.717, 1.165) is 58.3 Å². The Labute approximate surface area is 186 Å². The van der Waals surface area contributed by atoms with Gasteiger partial charge in [-0.2, -0.15) is 0 Å². The summed E-state index contributed by atoms with van der Waals surface area (Å²) in [5, 5.41) is 0. The molecule has 0 radical (unpaired) electrons. The van der Waals surface area contributed by atoms with E-state index in [-0.39, 0.29) is 17.2 Å². The van der Waals surface area contributed by atoms with Gasteiger partial charge in [-0.3, -0.25) is 9.59 Å². The summed E-state index contributed by atoms with van der Waals surface area (Å²) >= 11 is 0. The van der Waals surface area contributed by atoms with Crippen molar-refractivity contribution in [3.05, 3.63) is 35.4 Å². The molecule has 31 heavy (non-hydrogen) atoms. The molecule has 0 bridgehead atoms. The highest BCUT2D eigenvalue weighted by Gasteiger charge is 2.46. The van der Waals surface area contributed by atoms with E-state index in [1.807, 2.05) is 4.90 Å². The third-order valence-corrected chi connectivity index (χ3v) is 8.38. The minimum Gasteiger partial charge on any atom is -0.378 e. The Balaban J connectivity index is 1.27. The van der Waals surface area contributed by atoms with Crippen molar-refractivity contribution in [3.63, 3.8) is 0 Å². The second-order valence-electron chi connectivity index (χ2n) is 10.1. The maximum Gasteiger partial charge on any atom is 0.225 e. The summed E-state index contributed by atoms with van der Waals surface area (Å²) in [6.45, 7) is 4.48. The number of amides is 2. The van der Waals surface area contributed by atoms with Gasteiger partial charge < -0.3 is 14.5 Å². The molecule has 1 aromatic rings. The summed E-state index contributed by atoms with van der Waals surface area (Å²) in [7, 11) is 0. The number of benzene rings is 1. The Morgan fingerprint density at radius 2 is 1.65 bits per heavy atom. The van der Waals surface area contributed by atoms with Crippen LogP contribution in [0.3, 0.4) is 0 Å². The van der Waals surface area contributed by atoms with Gasteiger partial charge in [-0.15, -0.1) is 0 Å². The first-order valence-corrected chi connectivity index (χ1v) is 12.4. The molecule has 3 fully saturated rings. The molecule has 1 saturated carbocycles. The second-order valence-corrected chi connectivity index (χ2v) is 10.1. The summed E-state index contributed by atoms with van der Waals surface area (Å²) < 4.78 is 5.41. The summed E-state index contributed by atoms with van der Waals surface area (Å²) in [6.07, 6.45) is 9.58. The van der Waals surface area contributed by atoms with Crippen molar-refractivity contribution in [1.29, 1.82) is 0 Å². The smallest absolute Gasteiger partial charge is 0.225 e. The number of likely N-dealkylation sites (tertiary alicyclic amines) is 1. The van der Waals surface area contributed by atoms with E-state index in [1.165, 1.54) is 30.4 Å². The van der Waals surface area contributed by atoms with Crippen LogP contribution in [0.25, 0.3) is 0 Å². The van der Waals surface area contributed by atoms with E-state index in [1.54, 1.807) is 0 Å². The normalized spacial score (nSPS) is 26.1. The van der Waals surface area contributed by atoms with Gasteiger partial charge in [0.1, 0.15) is 0 Å². The molecule has 2 saturated heterocycles. The van der Waals surface area contributed by atoms with E-state index in [9.17, 15) is 9.59 Å². The predicted molar refractivity (Wildman–Crippen MR) is 120 cm³/mol. The molecule has 0 aromatic heterocycles. The molecular weight excluding hydrogens is 388 g/mol. The van der Waals surface area contributed by atoms with Gasteiger partial charge in [0.15, 0.2) is 0 Å². The van der Waals surface area contributed by atoms with Crippen LogP contribution in [0.15, 0.2) is 24.3 Å². The average Bonchev–Trinajstić information content (AvgIpc) is 3.13. The highest BCUT2D eigenvalue weighted by Crippen LogP contribution is 2.53. The number of ether oxygens (including phenoxy) is 1. The minimum absolute atomic E-state index is 0.135. The molecule has 4 aliphatic rings. The fourth-order valence-corrected chi connectivity index (χ4v) is 6.60. The van der Waals surface area contributed by atoms with E-state index in [2.05, 4.69) is 29.2 Å². The van der Waals surface area contributed by atoms with Gasteiger partial charge in [0.05, 0.1) is 13.2 Å². The molecular formula is C26H36N2O3. The van der Waals surface area contributed by atoms with Crippen LogP contribution in [0.1, 0.15) is 74.8 Å². The highest BCUT2D eigenvalue weighted by atomic mass is 16.5. The van der Waals surface area contributed by atoms with Crippen LogP contribution in [0, 0.1) is 5.92 Å². The van der Waals surface area contributed by atoms with Gasteiger partial charge >= 0.3 is 0 Å². The molecule has 5 nitrogen and oxygen atoms in total. The van der Waals surface area contributed by atoms with Crippen LogP contribution >= 0.6 is 0 Å². The van der Waals surface area contributed by atoms with Crippen molar-refractivity contribution in [2.24, 2.45) is 5.92 Å². The van der Waals surface area contributed by atoms with Crippen LogP contribution in [-0.2, 0) is 19.7 Å². The van der Waals surface area contributed by atoms with Crippen molar-refractivity contribution in [1.82, 2.24) is 9.80 Å². The van der Waals surface area contributed by atoms with Crippen molar-refractivity contribution in [3.8, 4) is 0 Å². The molecule has 5 heteroatoms. The van der Waals surface area contributed by atoms with Crippen LogP contribution in [0.4, 0.5) is 0 Å². The topological polar surface area (TPSA) is 49.9 Å². The van der Waals surface area contributed by atoms with Crippen molar-refractivity contribution >= 4 is 11.8 Å². The average molecular weight is 425 g/mol. The number of carbonyl (C=O) groups excluding carboxylic acids is 2. The number of piperidine rings is 1. The van der Waals surface area contributed by atoms with Crippen LogP contribution in [-0.4, -0.2) is 61.0 Å². The third-order valence-electron chi connectivity index (χ3n) is 8.38. The molecule has 0 unspecified atom stereocenters. The molecule has 1 atom stereocenters. The number of hydrogen-bond acceptors (Lipinski definition) is 3. The standard InChI is InChI=1S/C26H36N2O3/c29-24(27-14-16-31-17-15-27)18-21-19-26(23-9-5-4-8-22(21)23)10-12-28(13-11-26)25(30)20-6-2-1-3-7-20/h4-5,8-9,20-21H,1-3,6-7,10-19H2/t21-/m0/s1. The van der Waals surface area contributed by atoms with E-state index in [4.69, 9.17) is 4.74 Å². The molecule has 2 heterocycles. The molecule has 0 N–H and O–H groups in total. The molecule has 2 aliphatic heterocycles.